The van der Waals surface area contributed by atoms with Crippen LogP contribution in [0.3, 0.4) is 0 Å². The molecule has 1 heterocycles. The van der Waals surface area contributed by atoms with Crippen molar-refractivity contribution in [1.82, 2.24) is 4.90 Å². The van der Waals surface area contributed by atoms with Gasteiger partial charge in [-0.1, -0.05) is 6.07 Å². The Morgan fingerprint density at radius 1 is 1.24 bits per heavy atom. The molecule has 0 fully saturated rings. The molecule has 1 aromatic carbocycles. The number of nitrogens with zero attached hydrogens (tertiary/aromatic N) is 1. The van der Waals surface area contributed by atoms with E-state index >= 15 is 0 Å². The predicted octanol–water partition coefficient (Wildman–Crippen LogP) is 2.21. The summed E-state index contributed by atoms with van der Waals surface area (Å²) in [6.45, 7) is 3.29. The zero-order valence-electron chi connectivity index (χ0n) is 10.2. The Morgan fingerprint density at radius 2 is 2.00 bits per heavy atom. The molecule has 0 radical (unpaired) electrons. The highest BCUT2D eigenvalue weighted by atomic mass is 32.1. The van der Waals surface area contributed by atoms with Crippen LogP contribution >= 0.6 is 12.6 Å². The van der Waals surface area contributed by atoms with Gasteiger partial charge in [0.1, 0.15) is 13.2 Å². The van der Waals surface area contributed by atoms with Gasteiger partial charge in [0.25, 0.3) is 0 Å². The lowest BCUT2D eigenvalue weighted by Crippen LogP contribution is -2.20. The summed E-state index contributed by atoms with van der Waals surface area (Å²) in [5.74, 6) is 2.67. The number of fused-ring (bicyclic) bond motifs is 1. The summed E-state index contributed by atoms with van der Waals surface area (Å²) in [6, 6.07) is 6.17. The van der Waals surface area contributed by atoms with Crippen LogP contribution in [0.2, 0.25) is 0 Å². The van der Waals surface area contributed by atoms with Gasteiger partial charge >= 0.3 is 0 Å². The average molecular weight is 253 g/mol. The van der Waals surface area contributed by atoms with Gasteiger partial charge in [-0.15, -0.1) is 0 Å². The van der Waals surface area contributed by atoms with Crippen LogP contribution in [-0.2, 0) is 6.54 Å². The first kappa shape index (κ1) is 12.6. The minimum absolute atomic E-state index is 0.645. The maximum Gasteiger partial charge on any atom is 0.161 e. The summed E-state index contributed by atoms with van der Waals surface area (Å²) in [7, 11) is 2.13. The summed E-state index contributed by atoms with van der Waals surface area (Å²) in [5, 5.41) is 0. The van der Waals surface area contributed by atoms with Crippen LogP contribution in [0.4, 0.5) is 0 Å². The van der Waals surface area contributed by atoms with E-state index < -0.39 is 0 Å². The second-order valence-electron chi connectivity index (χ2n) is 4.29. The van der Waals surface area contributed by atoms with Crippen LogP contribution in [-0.4, -0.2) is 37.5 Å². The molecule has 0 atom stereocenters. The van der Waals surface area contributed by atoms with Crippen molar-refractivity contribution in [3.05, 3.63) is 23.8 Å². The van der Waals surface area contributed by atoms with E-state index in [1.165, 1.54) is 5.56 Å². The molecule has 17 heavy (non-hydrogen) atoms. The molecular weight excluding hydrogens is 234 g/mol. The highest BCUT2D eigenvalue weighted by Crippen LogP contribution is 2.30. The summed E-state index contributed by atoms with van der Waals surface area (Å²) in [4.78, 5) is 2.29. The zero-order chi connectivity index (χ0) is 12.1. The Morgan fingerprint density at radius 3 is 2.76 bits per heavy atom. The van der Waals surface area contributed by atoms with Gasteiger partial charge < -0.3 is 14.4 Å². The molecule has 4 heteroatoms. The molecule has 0 N–H and O–H groups in total. The molecule has 0 aromatic heterocycles. The van der Waals surface area contributed by atoms with Crippen LogP contribution in [0.1, 0.15) is 12.0 Å². The lowest BCUT2D eigenvalue weighted by molar-refractivity contribution is 0.171. The van der Waals surface area contributed by atoms with Crippen molar-refractivity contribution in [1.29, 1.82) is 0 Å². The minimum atomic E-state index is 0.645. The molecule has 2 rings (SSSR count). The van der Waals surface area contributed by atoms with Gasteiger partial charge in [-0.05, 0) is 43.5 Å². The molecule has 1 aromatic rings. The molecule has 0 spiro atoms. The highest BCUT2D eigenvalue weighted by Gasteiger charge is 2.12. The first-order chi connectivity index (χ1) is 8.29. The maximum atomic E-state index is 5.57. The first-order valence-corrected chi connectivity index (χ1v) is 6.61. The van der Waals surface area contributed by atoms with Crippen molar-refractivity contribution < 1.29 is 9.47 Å². The zero-order valence-corrected chi connectivity index (χ0v) is 11.1. The third-order valence-electron chi connectivity index (χ3n) is 2.76. The molecule has 0 aliphatic carbocycles. The maximum absolute atomic E-state index is 5.57. The average Bonchev–Trinajstić information content (AvgIpc) is 2.36. The van der Waals surface area contributed by atoms with Crippen molar-refractivity contribution in [3.8, 4) is 11.5 Å². The van der Waals surface area contributed by atoms with Gasteiger partial charge in [0, 0.05) is 6.54 Å². The fourth-order valence-corrected chi connectivity index (χ4v) is 2.06. The number of hydrogen-bond donors (Lipinski definition) is 1. The lowest BCUT2D eigenvalue weighted by Gasteiger charge is -2.21. The van der Waals surface area contributed by atoms with Gasteiger partial charge in [0.2, 0.25) is 0 Å². The molecule has 0 bridgehead atoms. The van der Waals surface area contributed by atoms with E-state index in [4.69, 9.17) is 9.47 Å². The molecule has 94 valence electrons. The number of benzene rings is 1. The van der Waals surface area contributed by atoms with Crippen LogP contribution in [0.25, 0.3) is 0 Å². The Balaban J connectivity index is 1.97. The number of hydrogen-bond acceptors (Lipinski definition) is 4. The normalized spacial score (nSPS) is 14.1. The van der Waals surface area contributed by atoms with E-state index in [9.17, 15) is 0 Å². The Labute approximate surface area is 108 Å². The molecule has 0 unspecified atom stereocenters. The Bertz CT molecular complexity index is 370. The van der Waals surface area contributed by atoms with Crippen molar-refractivity contribution in [2.45, 2.75) is 13.0 Å². The van der Waals surface area contributed by atoms with Gasteiger partial charge in [0.05, 0.1) is 0 Å². The molecule has 1 aliphatic heterocycles. The van der Waals surface area contributed by atoms with E-state index in [0.29, 0.717) is 13.2 Å². The van der Waals surface area contributed by atoms with Gasteiger partial charge in [-0.2, -0.15) is 12.6 Å². The lowest BCUT2D eigenvalue weighted by atomic mass is 10.2. The van der Waals surface area contributed by atoms with E-state index in [1.54, 1.807) is 0 Å². The van der Waals surface area contributed by atoms with Crippen molar-refractivity contribution in [2.75, 3.05) is 32.6 Å². The van der Waals surface area contributed by atoms with E-state index in [0.717, 1.165) is 36.8 Å². The van der Waals surface area contributed by atoms with Crippen molar-refractivity contribution in [2.24, 2.45) is 0 Å². The fourth-order valence-electron chi connectivity index (χ4n) is 1.92. The molecule has 0 amide bonds. The topological polar surface area (TPSA) is 21.7 Å². The fraction of sp³-hybridized carbons (Fsp3) is 0.538. The number of thiol groups is 1. The molecule has 0 saturated heterocycles. The van der Waals surface area contributed by atoms with E-state index in [-0.39, 0.29) is 0 Å². The van der Waals surface area contributed by atoms with Crippen LogP contribution in [0, 0.1) is 0 Å². The predicted molar refractivity (Wildman–Crippen MR) is 72.2 cm³/mol. The van der Waals surface area contributed by atoms with Gasteiger partial charge in [-0.3, -0.25) is 0 Å². The van der Waals surface area contributed by atoms with E-state index in [2.05, 4.69) is 36.7 Å². The largest absolute Gasteiger partial charge is 0.486 e. The minimum Gasteiger partial charge on any atom is -0.486 e. The van der Waals surface area contributed by atoms with E-state index in [1.807, 2.05) is 6.07 Å². The smallest absolute Gasteiger partial charge is 0.161 e. The van der Waals surface area contributed by atoms with Crippen molar-refractivity contribution >= 4 is 12.6 Å². The van der Waals surface area contributed by atoms with Crippen molar-refractivity contribution in [3.63, 3.8) is 0 Å². The second-order valence-corrected chi connectivity index (χ2v) is 4.74. The second kappa shape index (κ2) is 6.17. The molecular formula is C13H19NO2S. The third-order valence-corrected chi connectivity index (χ3v) is 3.07. The summed E-state index contributed by atoms with van der Waals surface area (Å²) < 4.78 is 11.1. The Hall–Kier alpha value is -0.870. The van der Waals surface area contributed by atoms with Crippen LogP contribution in [0.15, 0.2) is 18.2 Å². The molecule has 0 saturated carbocycles. The SMILES string of the molecule is CN(CCCS)Cc1ccc2c(c1)OCCO2. The Kier molecular flexibility index (Phi) is 4.57. The summed E-state index contributed by atoms with van der Waals surface area (Å²) in [5.41, 5.74) is 1.26. The standard InChI is InChI=1S/C13H19NO2S/c1-14(5-2-8-17)10-11-3-4-12-13(9-11)16-7-6-15-12/h3-4,9,17H,2,5-8,10H2,1H3. The third kappa shape index (κ3) is 3.54. The van der Waals surface area contributed by atoms with Crippen LogP contribution in [0.5, 0.6) is 11.5 Å². The molecule has 3 nitrogen and oxygen atoms in total. The highest BCUT2D eigenvalue weighted by molar-refractivity contribution is 7.80. The number of rotatable bonds is 5. The van der Waals surface area contributed by atoms with Gasteiger partial charge in [0.15, 0.2) is 11.5 Å². The summed E-state index contributed by atoms with van der Waals surface area (Å²) >= 11 is 4.22. The van der Waals surface area contributed by atoms with Gasteiger partial charge in [-0.25, -0.2) is 0 Å². The first-order valence-electron chi connectivity index (χ1n) is 5.97. The van der Waals surface area contributed by atoms with Crippen LogP contribution < -0.4 is 9.47 Å². The number of ether oxygens (including phenoxy) is 2. The molecule has 1 aliphatic rings. The quantitative estimate of drug-likeness (QED) is 0.813. The monoisotopic (exact) mass is 253 g/mol. The summed E-state index contributed by atoms with van der Waals surface area (Å²) in [6.07, 6.45) is 1.12.